The summed E-state index contributed by atoms with van der Waals surface area (Å²) in [6, 6.07) is 35.6. The SMILES string of the molecule is CP(C)(=O)c1ccc(Nc2nc(Cl)nc(Cl)n2)cc1.CP(C)(=O)c1ccc(Nc2nc(Cl)nc(N3CCN(c4ccccc4)CC3)n2)cc1.c1ccc(N2CCNCC2)cc1. The van der Waals surface area contributed by atoms with E-state index >= 15 is 0 Å². The molecule has 19 heteroatoms. The van der Waals surface area contributed by atoms with Gasteiger partial charge in [0.2, 0.25) is 33.7 Å². The Morgan fingerprint density at radius 3 is 1.28 bits per heavy atom. The molecule has 0 saturated carbocycles. The van der Waals surface area contributed by atoms with Gasteiger partial charge in [0.25, 0.3) is 0 Å². The summed E-state index contributed by atoms with van der Waals surface area (Å²) in [5, 5.41) is 11.3. The topological polar surface area (TPSA) is 157 Å². The van der Waals surface area contributed by atoms with Crippen LogP contribution in [0.1, 0.15) is 0 Å². The highest BCUT2D eigenvalue weighted by Gasteiger charge is 2.21. The van der Waals surface area contributed by atoms with Gasteiger partial charge in [0.15, 0.2) is 0 Å². The summed E-state index contributed by atoms with van der Waals surface area (Å²) in [6.45, 7) is 14.8. The molecule has 2 aliphatic rings. The molecule has 61 heavy (non-hydrogen) atoms. The number of piperazine rings is 2. The normalized spacial score (nSPS) is 14.2. The molecule has 0 atom stereocenters. The minimum Gasteiger partial charge on any atom is -0.369 e. The smallest absolute Gasteiger partial charge is 0.233 e. The predicted molar refractivity (Wildman–Crippen MR) is 255 cm³/mol. The van der Waals surface area contributed by atoms with Crippen LogP contribution >= 0.6 is 49.1 Å². The number of halogens is 3. The van der Waals surface area contributed by atoms with Crippen molar-refractivity contribution >= 4 is 100 Å². The van der Waals surface area contributed by atoms with Crippen LogP contribution in [0, 0.1) is 0 Å². The van der Waals surface area contributed by atoms with E-state index in [1.807, 2.05) is 30.3 Å². The Balaban J connectivity index is 0.000000170. The number of nitrogens with one attached hydrogen (secondary N) is 3. The van der Waals surface area contributed by atoms with Crippen LogP contribution in [-0.2, 0) is 9.13 Å². The van der Waals surface area contributed by atoms with Crippen LogP contribution in [0.2, 0.25) is 15.9 Å². The van der Waals surface area contributed by atoms with Gasteiger partial charge in [-0.25, -0.2) is 0 Å². The first-order chi connectivity index (χ1) is 29.2. The van der Waals surface area contributed by atoms with Gasteiger partial charge in [0.1, 0.15) is 14.3 Å². The van der Waals surface area contributed by atoms with E-state index in [1.54, 1.807) is 50.9 Å². The maximum absolute atomic E-state index is 12.2. The van der Waals surface area contributed by atoms with Crippen LogP contribution in [-0.4, -0.2) is 109 Å². The first kappa shape index (κ1) is 45.7. The number of anilines is 7. The lowest BCUT2D eigenvalue weighted by Crippen LogP contribution is -2.47. The molecule has 2 fully saturated rings. The fourth-order valence-electron chi connectivity index (χ4n) is 6.35. The summed E-state index contributed by atoms with van der Waals surface area (Å²) in [7, 11) is -4.53. The third-order valence-corrected chi connectivity index (χ3v) is 13.2. The summed E-state index contributed by atoms with van der Waals surface area (Å²) in [4.78, 5) is 31.4. The Morgan fingerprint density at radius 2 is 0.852 bits per heavy atom. The van der Waals surface area contributed by atoms with Gasteiger partial charge < -0.3 is 39.8 Å². The molecule has 0 spiro atoms. The van der Waals surface area contributed by atoms with Crippen LogP contribution in [0.5, 0.6) is 0 Å². The number of aromatic nitrogens is 6. The molecule has 0 radical (unpaired) electrons. The van der Waals surface area contributed by atoms with Gasteiger partial charge in [-0.15, -0.1) is 0 Å². The second-order valence-corrected chi connectivity index (χ2v) is 22.3. The van der Waals surface area contributed by atoms with Crippen LogP contribution < -0.4 is 41.3 Å². The molecule has 0 bridgehead atoms. The summed E-state index contributed by atoms with van der Waals surface area (Å²) in [6.07, 6.45) is 0. The number of nitrogens with zero attached hydrogens (tertiary/aromatic N) is 9. The van der Waals surface area contributed by atoms with Crippen molar-refractivity contribution in [2.45, 2.75) is 0 Å². The molecule has 2 aliphatic heterocycles. The van der Waals surface area contributed by atoms with Crippen LogP contribution in [0.3, 0.4) is 0 Å². The lowest BCUT2D eigenvalue weighted by Gasteiger charge is -2.36. The lowest BCUT2D eigenvalue weighted by atomic mass is 10.2. The zero-order chi connectivity index (χ0) is 43.4. The summed E-state index contributed by atoms with van der Waals surface area (Å²) < 4.78 is 24.1. The van der Waals surface area contributed by atoms with Crippen molar-refractivity contribution in [3.8, 4) is 0 Å². The van der Waals surface area contributed by atoms with Gasteiger partial charge in [0.05, 0.1) is 0 Å². The third-order valence-electron chi connectivity index (χ3n) is 9.59. The van der Waals surface area contributed by atoms with Gasteiger partial charge in [-0.2, -0.15) is 29.9 Å². The van der Waals surface area contributed by atoms with Gasteiger partial charge in [-0.3, -0.25) is 0 Å². The van der Waals surface area contributed by atoms with E-state index in [4.69, 9.17) is 34.8 Å². The van der Waals surface area contributed by atoms with E-state index < -0.39 is 14.3 Å². The Morgan fingerprint density at radius 1 is 0.475 bits per heavy atom. The first-order valence-corrected chi connectivity index (χ1v) is 25.9. The Kier molecular flexibility index (Phi) is 16.0. The van der Waals surface area contributed by atoms with Crippen molar-refractivity contribution in [1.82, 2.24) is 35.2 Å². The molecule has 320 valence electrons. The summed E-state index contributed by atoms with van der Waals surface area (Å²) in [5.74, 6) is 1.21. The second-order valence-electron chi connectivity index (χ2n) is 14.9. The average Bonchev–Trinajstić information content (AvgIpc) is 3.24. The Labute approximate surface area is 372 Å². The molecule has 4 heterocycles. The summed E-state index contributed by atoms with van der Waals surface area (Å²) in [5.41, 5.74) is 4.11. The molecule has 0 aliphatic carbocycles. The molecule has 8 rings (SSSR count). The van der Waals surface area contributed by atoms with E-state index in [0.717, 1.165) is 74.3 Å². The number of para-hydroxylation sites is 2. The number of rotatable bonds is 9. The minimum absolute atomic E-state index is 0.0192. The molecule has 4 aromatic carbocycles. The Bertz CT molecular complexity index is 2390. The number of hydrogen-bond donors (Lipinski definition) is 3. The predicted octanol–water partition coefficient (Wildman–Crippen LogP) is 8.11. The highest BCUT2D eigenvalue weighted by Crippen LogP contribution is 2.35. The highest BCUT2D eigenvalue weighted by molar-refractivity contribution is 7.70. The molecular weight excluding hydrogens is 873 g/mol. The van der Waals surface area contributed by atoms with Crippen molar-refractivity contribution in [2.75, 3.05) is 104 Å². The van der Waals surface area contributed by atoms with E-state index in [-0.39, 0.29) is 21.8 Å². The monoisotopic (exact) mass is 920 g/mol. The fraction of sp³-hybridized carbons (Fsp3) is 0.286. The first-order valence-electron chi connectivity index (χ1n) is 19.6. The summed E-state index contributed by atoms with van der Waals surface area (Å²) >= 11 is 17.5. The number of hydrogen-bond acceptors (Lipinski definition) is 14. The van der Waals surface area contributed by atoms with Gasteiger partial charge >= 0.3 is 0 Å². The Hall–Kier alpha value is -4.81. The minimum atomic E-state index is -2.28. The molecule has 6 aromatic rings. The van der Waals surface area contributed by atoms with Crippen LogP contribution in [0.4, 0.5) is 40.6 Å². The molecule has 0 unspecified atom stereocenters. The van der Waals surface area contributed by atoms with Crippen molar-refractivity contribution in [2.24, 2.45) is 0 Å². The molecular formula is C42H49Cl3N12O2P2. The van der Waals surface area contributed by atoms with E-state index in [1.165, 1.54) is 11.4 Å². The quantitative estimate of drug-likeness (QED) is 0.120. The van der Waals surface area contributed by atoms with Gasteiger partial charge in [0, 0.05) is 85.7 Å². The maximum atomic E-state index is 12.2. The standard InChI is InChI=1S/C21H24ClN6OP.C11H11Cl2N4OP.C10H14N2/c1-30(2,29)18-10-8-16(9-11-18)23-20-24-19(22)25-21(26-20)28-14-12-27(13-15-28)17-6-4-3-5-7-17;1-19(2,18)8-5-3-7(4-6-8)14-11-16-9(12)15-10(13)17-11;1-2-4-10(5-3-1)12-8-6-11-7-9-12/h3-11H,12-15H2,1-2H3,(H,23,24,25,26);3-6H,1-2H3,(H,14,15,16,17);1-5,11H,6-9H2. The fourth-order valence-corrected chi connectivity index (χ4v) is 8.60. The largest absolute Gasteiger partial charge is 0.369 e. The lowest BCUT2D eigenvalue weighted by molar-refractivity contribution is 0.587. The van der Waals surface area contributed by atoms with Gasteiger partial charge in [-0.05, 0) is 134 Å². The highest BCUT2D eigenvalue weighted by atomic mass is 35.5. The van der Waals surface area contributed by atoms with Crippen molar-refractivity contribution in [3.05, 3.63) is 125 Å². The molecule has 2 aromatic heterocycles. The zero-order valence-electron chi connectivity index (χ0n) is 34.4. The third kappa shape index (κ3) is 14.1. The van der Waals surface area contributed by atoms with Crippen molar-refractivity contribution < 1.29 is 9.13 Å². The van der Waals surface area contributed by atoms with Crippen LogP contribution in [0.25, 0.3) is 0 Å². The van der Waals surface area contributed by atoms with Crippen molar-refractivity contribution in [1.29, 1.82) is 0 Å². The molecule has 3 N–H and O–H groups in total. The van der Waals surface area contributed by atoms with Crippen LogP contribution in [0.15, 0.2) is 109 Å². The van der Waals surface area contributed by atoms with E-state index in [2.05, 4.69) is 115 Å². The van der Waals surface area contributed by atoms with E-state index in [0.29, 0.717) is 11.9 Å². The zero-order valence-corrected chi connectivity index (χ0v) is 38.5. The van der Waals surface area contributed by atoms with E-state index in [9.17, 15) is 9.13 Å². The van der Waals surface area contributed by atoms with Crippen molar-refractivity contribution in [3.63, 3.8) is 0 Å². The molecule has 0 amide bonds. The maximum Gasteiger partial charge on any atom is 0.233 e. The molecule has 14 nitrogen and oxygen atoms in total. The molecule has 2 saturated heterocycles. The number of benzene rings is 4. The second kappa shape index (κ2) is 21.3. The average molecular weight is 922 g/mol. The van der Waals surface area contributed by atoms with Gasteiger partial charge in [-0.1, -0.05) is 36.4 Å².